The Kier molecular flexibility index (Phi) is 3.84. The van der Waals surface area contributed by atoms with Gasteiger partial charge in [0.1, 0.15) is 0 Å². The predicted octanol–water partition coefficient (Wildman–Crippen LogP) is 2.66. The van der Waals surface area contributed by atoms with Crippen molar-refractivity contribution < 1.29 is 27.5 Å². The highest BCUT2D eigenvalue weighted by Gasteiger charge is 2.26. The lowest BCUT2D eigenvalue weighted by molar-refractivity contribution is -0.255. The maximum absolute atomic E-state index is 13.7. The quantitative estimate of drug-likeness (QED) is 0.538. The molecule has 3 nitrogen and oxygen atoms in total. The van der Waals surface area contributed by atoms with Crippen LogP contribution in [0.1, 0.15) is 15.9 Å². The molecule has 7 heteroatoms. The molecule has 110 valence electrons. The van der Waals surface area contributed by atoms with Gasteiger partial charge in [-0.3, -0.25) is 0 Å². The van der Waals surface area contributed by atoms with E-state index in [1.54, 1.807) is 19.1 Å². The van der Waals surface area contributed by atoms with E-state index in [1.165, 1.54) is 12.1 Å². The van der Waals surface area contributed by atoms with Crippen LogP contribution in [0.2, 0.25) is 0 Å². The van der Waals surface area contributed by atoms with Gasteiger partial charge in [-0.05, 0) is 19.1 Å². The number of carboxylic acid groups (broad SMARTS) is 1. The highest BCUT2D eigenvalue weighted by atomic mass is 19.2. The first-order valence-electron chi connectivity index (χ1n) is 5.74. The minimum absolute atomic E-state index is 0.174. The number of carboxylic acids is 1. The van der Waals surface area contributed by atoms with Crippen LogP contribution in [0.25, 0.3) is 0 Å². The van der Waals surface area contributed by atoms with E-state index in [2.05, 4.69) is 5.32 Å². The summed E-state index contributed by atoms with van der Waals surface area (Å²) >= 11 is 0. The average Bonchev–Trinajstić information content (AvgIpc) is 2.44. The predicted molar refractivity (Wildman–Crippen MR) is 65.1 cm³/mol. The van der Waals surface area contributed by atoms with Crippen molar-refractivity contribution in [3.05, 3.63) is 58.7 Å². The van der Waals surface area contributed by atoms with Crippen molar-refractivity contribution in [2.45, 2.75) is 6.92 Å². The number of benzene rings is 2. The molecule has 0 aliphatic heterocycles. The Morgan fingerprint density at radius 1 is 0.952 bits per heavy atom. The zero-order valence-electron chi connectivity index (χ0n) is 10.6. The van der Waals surface area contributed by atoms with Crippen molar-refractivity contribution in [3.63, 3.8) is 0 Å². The van der Waals surface area contributed by atoms with Gasteiger partial charge in [0, 0.05) is 5.69 Å². The molecule has 0 saturated heterocycles. The van der Waals surface area contributed by atoms with E-state index < -0.39 is 40.5 Å². The van der Waals surface area contributed by atoms with Gasteiger partial charge in [-0.15, -0.1) is 0 Å². The zero-order valence-corrected chi connectivity index (χ0v) is 10.6. The number of halogens is 4. The van der Waals surface area contributed by atoms with Crippen LogP contribution in [0, 0.1) is 30.2 Å². The molecular weight excluding hydrogens is 290 g/mol. The third-order valence-corrected chi connectivity index (χ3v) is 2.79. The van der Waals surface area contributed by atoms with Crippen molar-refractivity contribution in [3.8, 4) is 0 Å². The van der Waals surface area contributed by atoms with E-state index in [-0.39, 0.29) is 5.69 Å². The molecule has 1 N–H and O–H groups in total. The fraction of sp³-hybridized carbons (Fsp3) is 0.0714. The van der Waals surface area contributed by atoms with Gasteiger partial charge in [-0.25, -0.2) is 17.6 Å². The second-order valence-electron chi connectivity index (χ2n) is 4.28. The second kappa shape index (κ2) is 5.43. The first-order chi connectivity index (χ1) is 9.82. The highest BCUT2D eigenvalue weighted by molar-refractivity contribution is 5.94. The van der Waals surface area contributed by atoms with Gasteiger partial charge in [-0.1, -0.05) is 17.7 Å². The van der Waals surface area contributed by atoms with Gasteiger partial charge >= 0.3 is 0 Å². The fourth-order valence-corrected chi connectivity index (χ4v) is 1.72. The highest BCUT2D eigenvalue weighted by Crippen LogP contribution is 2.30. The molecule has 0 amide bonds. The number of rotatable bonds is 3. The standard InChI is InChI=1S/C14H9F4NO2/c1-6-2-4-7(5-3-6)19-13-8(14(20)21)9(15)10(16)11(17)12(13)18/h2-5,19H,1H3,(H,20,21)/p-1. The third kappa shape index (κ3) is 2.67. The van der Waals surface area contributed by atoms with Gasteiger partial charge in [-0.2, -0.15) is 0 Å². The largest absolute Gasteiger partial charge is 0.545 e. The number of carbonyl (C=O) groups is 1. The monoisotopic (exact) mass is 298 g/mol. The topological polar surface area (TPSA) is 52.2 Å². The average molecular weight is 298 g/mol. The van der Waals surface area contributed by atoms with E-state index >= 15 is 0 Å². The molecule has 2 aromatic carbocycles. The summed E-state index contributed by atoms with van der Waals surface area (Å²) < 4.78 is 53.5. The molecule has 0 heterocycles. The molecule has 2 aromatic rings. The molecule has 0 aliphatic rings. The van der Waals surface area contributed by atoms with Crippen molar-refractivity contribution in [2.24, 2.45) is 0 Å². The minimum Gasteiger partial charge on any atom is -0.545 e. The summed E-state index contributed by atoms with van der Waals surface area (Å²) in [5.74, 6) is -10.3. The first-order valence-corrected chi connectivity index (χ1v) is 5.74. The van der Waals surface area contributed by atoms with Crippen LogP contribution in [-0.2, 0) is 0 Å². The number of aryl methyl sites for hydroxylation is 1. The first kappa shape index (κ1) is 14.8. The fourth-order valence-electron chi connectivity index (χ4n) is 1.72. The summed E-state index contributed by atoms with van der Waals surface area (Å²) in [6.07, 6.45) is 0. The summed E-state index contributed by atoms with van der Waals surface area (Å²) in [5, 5.41) is 13.1. The Bertz CT molecular complexity index is 714. The lowest BCUT2D eigenvalue weighted by Gasteiger charge is -2.16. The van der Waals surface area contributed by atoms with Gasteiger partial charge in [0.15, 0.2) is 23.3 Å². The van der Waals surface area contributed by atoms with Crippen molar-refractivity contribution in [1.82, 2.24) is 0 Å². The summed E-state index contributed by atoms with van der Waals surface area (Å²) in [4.78, 5) is 10.9. The number of aromatic carboxylic acids is 1. The smallest absolute Gasteiger partial charge is 0.199 e. The second-order valence-corrected chi connectivity index (χ2v) is 4.28. The molecule has 0 saturated carbocycles. The maximum Gasteiger partial charge on any atom is 0.199 e. The van der Waals surface area contributed by atoms with Gasteiger partial charge < -0.3 is 15.2 Å². The minimum atomic E-state index is -2.21. The van der Waals surface area contributed by atoms with Crippen molar-refractivity contribution in [1.29, 1.82) is 0 Å². The van der Waals surface area contributed by atoms with Crippen molar-refractivity contribution in [2.75, 3.05) is 5.32 Å². The Hall–Kier alpha value is -2.57. The molecule has 0 bridgehead atoms. The molecular formula is C14H8F4NO2-. The van der Waals surface area contributed by atoms with Crippen LogP contribution >= 0.6 is 0 Å². The molecule has 21 heavy (non-hydrogen) atoms. The molecule has 0 aromatic heterocycles. The number of hydrogen-bond donors (Lipinski definition) is 1. The Balaban J connectivity index is 2.61. The molecule has 0 aliphatic carbocycles. The van der Waals surface area contributed by atoms with E-state index in [0.29, 0.717) is 0 Å². The van der Waals surface area contributed by atoms with Crippen LogP contribution in [0.15, 0.2) is 24.3 Å². The van der Waals surface area contributed by atoms with Gasteiger partial charge in [0.05, 0.1) is 17.2 Å². The van der Waals surface area contributed by atoms with E-state index in [0.717, 1.165) is 5.56 Å². The van der Waals surface area contributed by atoms with Gasteiger partial charge in [0.25, 0.3) is 0 Å². The summed E-state index contributed by atoms with van der Waals surface area (Å²) in [6.45, 7) is 1.77. The third-order valence-electron chi connectivity index (χ3n) is 2.79. The van der Waals surface area contributed by atoms with E-state index in [9.17, 15) is 27.5 Å². The lowest BCUT2D eigenvalue weighted by atomic mass is 10.1. The number of nitrogens with one attached hydrogen (secondary N) is 1. The van der Waals surface area contributed by atoms with Gasteiger partial charge in [0.2, 0.25) is 0 Å². The maximum atomic E-state index is 13.7. The molecule has 0 fully saturated rings. The number of anilines is 2. The number of hydrogen-bond acceptors (Lipinski definition) is 3. The molecule has 0 atom stereocenters. The SMILES string of the molecule is Cc1ccc(Nc2c(F)c(F)c(F)c(F)c2C(=O)[O-])cc1. The molecule has 2 rings (SSSR count). The summed E-state index contributed by atoms with van der Waals surface area (Å²) in [6, 6.07) is 6.09. The summed E-state index contributed by atoms with van der Waals surface area (Å²) in [7, 11) is 0. The van der Waals surface area contributed by atoms with Crippen LogP contribution in [0.4, 0.5) is 28.9 Å². The Morgan fingerprint density at radius 3 is 2.00 bits per heavy atom. The zero-order chi connectivity index (χ0) is 15.7. The Labute approximate surface area is 116 Å². The number of carbonyl (C=O) groups excluding carboxylic acids is 1. The van der Waals surface area contributed by atoms with E-state index in [4.69, 9.17) is 0 Å². The Morgan fingerprint density at radius 2 is 1.48 bits per heavy atom. The molecule has 0 spiro atoms. The molecule has 0 radical (unpaired) electrons. The van der Waals surface area contributed by atoms with Crippen molar-refractivity contribution >= 4 is 17.3 Å². The van der Waals surface area contributed by atoms with Crippen LogP contribution in [-0.4, -0.2) is 5.97 Å². The molecule has 0 unspecified atom stereocenters. The van der Waals surface area contributed by atoms with Crippen LogP contribution < -0.4 is 10.4 Å². The van der Waals surface area contributed by atoms with Crippen LogP contribution in [0.3, 0.4) is 0 Å². The van der Waals surface area contributed by atoms with E-state index in [1.807, 2.05) is 0 Å². The lowest BCUT2D eigenvalue weighted by Crippen LogP contribution is -2.26. The van der Waals surface area contributed by atoms with Crippen LogP contribution in [0.5, 0.6) is 0 Å². The normalized spacial score (nSPS) is 10.5. The summed E-state index contributed by atoms with van der Waals surface area (Å²) in [5.41, 5.74) is -1.41.